The van der Waals surface area contributed by atoms with Crippen molar-refractivity contribution in [1.82, 2.24) is 4.98 Å². The molecule has 1 atom stereocenters. The standard InChI is InChI=1S/C24H23ClF2N2O/c1-15(24(30)29(27)20-9-6-18(25)7-10-20)16-2-4-17(5-3-16)21-12-13-28-23-11-8-19(26)14-22(21)23/h6-17H,2-5H2,1H3. The number of carbonyl (C=O) groups is 1. The van der Waals surface area contributed by atoms with Crippen LogP contribution >= 0.6 is 11.6 Å². The first kappa shape index (κ1) is 20.7. The number of halogens is 3. The van der Waals surface area contributed by atoms with Crippen molar-refractivity contribution in [3.63, 3.8) is 0 Å². The van der Waals surface area contributed by atoms with Gasteiger partial charge in [-0.3, -0.25) is 9.78 Å². The van der Waals surface area contributed by atoms with E-state index >= 15 is 0 Å². The molecule has 1 unspecified atom stereocenters. The summed E-state index contributed by atoms with van der Waals surface area (Å²) in [6.07, 6.45) is 5.17. The number of aromatic nitrogens is 1. The van der Waals surface area contributed by atoms with E-state index in [9.17, 15) is 13.7 Å². The molecule has 1 saturated carbocycles. The van der Waals surface area contributed by atoms with E-state index in [1.165, 1.54) is 18.2 Å². The third-order valence-corrected chi connectivity index (χ3v) is 6.54. The van der Waals surface area contributed by atoms with Crippen molar-refractivity contribution in [2.45, 2.75) is 38.5 Å². The van der Waals surface area contributed by atoms with Crippen LogP contribution < -0.4 is 5.12 Å². The molecule has 0 aliphatic heterocycles. The summed E-state index contributed by atoms with van der Waals surface area (Å²) < 4.78 is 28.4. The van der Waals surface area contributed by atoms with Crippen LogP contribution in [0.4, 0.5) is 14.6 Å². The molecule has 0 radical (unpaired) electrons. The molecule has 3 nitrogen and oxygen atoms in total. The van der Waals surface area contributed by atoms with E-state index in [2.05, 4.69) is 4.98 Å². The Balaban J connectivity index is 1.43. The second-order valence-electron chi connectivity index (χ2n) is 8.06. The van der Waals surface area contributed by atoms with Gasteiger partial charge in [0, 0.05) is 22.5 Å². The van der Waals surface area contributed by atoms with Crippen molar-refractivity contribution in [2.75, 3.05) is 5.12 Å². The molecule has 1 aliphatic carbocycles. The second kappa shape index (κ2) is 8.68. The fourth-order valence-electron chi connectivity index (χ4n) is 4.51. The Kier molecular flexibility index (Phi) is 6.00. The van der Waals surface area contributed by atoms with Crippen molar-refractivity contribution in [3.05, 3.63) is 71.1 Å². The van der Waals surface area contributed by atoms with Crippen molar-refractivity contribution in [3.8, 4) is 0 Å². The summed E-state index contributed by atoms with van der Waals surface area (Å²) in [6, 6.07) is 12.8. The minimum Gasteiger partial charge on any atom is -0.272 e. The third kappa shape index (κ3) is 4.17. The molecule has 4 rings (SSSR count). The first-order valence-corrected chi connectivity index (χ1v) is 10.6. The predicted molar refractivity (Wildman–Crippen MR) is 116 cm³/mol. The molecule has 1 aromatic heterocycles. The molecular weight excluding hydrogens is 406 g/mol. The van der Waals surface area contributed by atoms with Gasteiger partial charge in [0.1, 0.15) is 5.82 Å². The lowest BCUT2D eigenvalue weighted by Crippen LogP contribution is -2.34. The molecule has 1 amide bonds. The van der Waals surface area contributed by atoms with Gasteiger partial charge >= 0.3 is 0 Å². The predicted octanol–water partition coefficient (Wildman–Crippen LogP) is 6.85. The maximum atomic E-state index is 14.6. The molecule has 1 fully saturated rings. The smallest absolute Gasteiger partial charge is 0.258 e. The number of hydrogen-bond acceptors (Lipinski definition) is 2. The van der Waals surface area contributed by atoms with Crippen molar-refractivity contribution in [2.24, 2.45) is 11.8 Å². The number of nitrogens with zero attached hydrogens (tertiary/aromatic N) is 2. The first-order valence-electron chi connectivity index (χ1n) is 10.2. The lowest BCUT2D eigenvalue weighted by atomic mass is 9.73. The molecule has 1 heterocycles. The summed E-state index contributed by atoms with van der Waals surface area (Å²) in [5.41, 5.74) is 2.08. The van der Waals surface area contributed by atoms with Gasteiger partial charge in [-0.05, 0) is 91.6 Å². The van der Waals surface area contributed by atoms with Crippen LogP contribution in [0.3, 0.4) is 0 Å². The molecule has 0 spiro atoms. The minimum atomic E-state index is -0.530. The molecule has 1 aliphatic rings. The SMILES string of the molecule is CC(C(=O)N(F)c1ccc(Cl)cc1)C1CCC(c2ccnc3ccc(F)cc23)CC1. The third-order valence-electron chi connectivity index (χ3n) is 6.29. The lowest BCUT2D eigenvalue weighted by Gasteiger charge is -2.33. The van der Waals surface area contributed by atoms with Gasteiger partial charge in [-0.15, -0.1) is 5.12 Å². The van der Waals surface area contributed by atoms with Gasteiger partial charge in [0.15, 0.2) is 0 Å². The maximum Gasteiger partial charge on any atom is 0.258 e. The summed E-state index contributed by atoms with van der Waals surface area (Å²) in [7, 11) is 0. The Labute approximate surface area is 179 Å². The normalized spacial score (nSPS) is 20.1. The van der Waals surface area contributed by atoms with Gasteiger partial charge in [-0.25, -0.2) is 4.39 Å². The van der Waals surface area contributed by atoms with Gasteiger partial charge < -0.3 is 0 Å². The zero-order valence-corrected chi connectivity index (χ0v) is 17.4. The van der Waals surface area contributed by atoms with Gasteiger partial charge in [-0.1, -0.05) is 23.0 Å². The molecule has 0 N–H and O–H groups in total. The average Bonchev–Trinajstić information content (AvgIpc) is 2.78. The monoisotopic (exact) mass is 428 g/mol. The topological polar surface area (TPSA) is 33.2 Å². The largest absolute Gasteiger partial charge is 0.272 e. The van der Waals surface area contributed by atoms with Crippen molar-refractivity contribution in [1.29, 1.82) is 0 Å². The molecule has 0 bridgehead atoms. The maximum absolute atomic E-state index is 14.6. The van der Waals surface area contributed by atoms with E-state index in [1.54, 1.807) is 37.4 Å². The fraction of sp³-hybridized carbons (Fsp3) is 0.333. The zero-order chi connectivity index (χ0) is 21.3. The number of fused-ring (bicyclic) bond motifs is 1. The van der Waals surface area contributed by atoms with Crippen LogP contribution in [0.1, 0.15) is 44.1 Å². The zero-order valence-electron chi connectivity index (χ0n) is 16.7. The number of pyridine rings is 1. The lowest BCUT2D eigenvalue weighted by molar-refractivity contribution is -0.126. The van der Waals surface area contributed by atoms with Crippen LogP contribution in [0.5, 0.6) is 0 Å². The second-order valence-corrected chi connectivity index (χ2v) is 8.49. The van der Waals surface area contributed by atoms with Crippen molar-refractivity contribution < 1.29 is 13.7 Å². The summed E-state index contributed by atoms with van der Waals surface area (Å²) in [5.74, 6) is -0.817. The molecule has 156 valence electrons. The van der Waals surface area contributed by atoms with E-state index in [0.29, 0.717) is 5.02 Å². The van der Waals surface area contributed by atoms with Crippen LogP contribution in [0.15, 0.2) is 54.7 Å². The Hall–Kier alpha value is -2.53. The molecule has 2 aromatic carbocycles. The van der Waals surface area contributed by atoms with Crippen molar-refractivity contribution >= 4 is 34.1 Å². The van der Waals surface area contributed by atoms with E-state index < -0.39 is 11.8 Å². The number of benzene rings is 2. The highest BCUT2D eigenvalue weighted by Crippen LogP contribution is 2.41. The highest BCUT2D eigenvalue weighted by Gasteiger charge is 2.33. The molecular formula is C24H23ClF2N2O. The fourth-order valence-corrected chi connectivity index (χ4v) is 4.63. The number of hydrogen-bond donors (Lipinski definition) is 0. The van der Waals surface area contributed by atoms with Gasteiger partial charge in [0.2, 0.25) is 0 Å². The highest BCUT2D eigenvalue weighted by molar-refractivity contribution is 6.30. The summed E-state index contributed by atoms with van der Waals surface area (Å²) >= 11 is 5.84. The van der Waals surface area contributed by atoms with E-state index in [-0.39, 0.29) is 28.5 Å². The molecule has 30 heavy (non-hydrogen) atoms. The molecule has 6 heteroatoms. The number of amides is 1. The van der Waals surface area contributed by atoms with E-state index in [4.69, 9.17) is 11.6 Å². The highest BCUT2D eigenvalue weighted by atomic mass is 35.5. The van der Waals surface area contributed by atoms with Gasteiger partial charge in [0.25, 0.3) is 5.91 Å². The van der Waals surface area contributed by atoms with Gasteiger partial charge in [-0.2, -0.15) is 0 Å². The van der Waals surface area contributed by atoms with Crippen LogP contribution in [0.2, 0.25) is 5.02 Å². The van der Waals surface area contributed by atoms with E-state index in [1.807, 2.05) is 6.07 Å². The quantitative estimate of drug-likeness (QED) is 0.425. The van der Waals surface area contributed by atoms with E-state index in [0.717, 1.165) is 42.1 Å². The van der Waals surface area contributed by atoms with Crippen LogP contribution in [0, 0.1) is 17.7 Å². The Morgan fingerprint density at radius 3 is 2.50 bits per heavy atom. The minimum absolute atomic E-state index is 0.115. The number of anilines is 1. The number of rotatable bonds is 4. The average molecular weight is 429 g/mol. The Bertz CT molecular complexity index is 1050. The summed E-state index contributed by atoms with van der Waals surface area (Å²) in [5, 5.41) is 1.57. The van der Waals surface area contributed by atoms with Crippen LogP contribution in [-0.2, 0) is 4.79 Å². The van der Waals surface area contributed by atoms with Gasteiger partial charge in [0.05, 0.1) is 11.2 Å². The summed E-state index contributed by atoms with van der Waals surface area (Å²) in [4.78, 5) is 17.0. The number of carbonyl (C=O) groups excluding carboxylic acids is 1. The van der Waals surface area contributed by atoms with Crippen LogP contribution in [-0.4, -0.2) is 10.9 Å². The Morgan fingerprint density at radius 1 is 1.10 bits per heavy atom. The van der Waals surface area contributed by atoms with Crippen LogP contribution in [0.25, 0.3) is 10.9 Å². The molecule has 3 aromatic rings. The first-order chi connectivity index (χ1) is 14.4. The molecule has 0 saturated heterocycles. The summed E-state index contributed by atoms with van der Waals surface area (Å²) in [6.45, 7) is 1.80. The Morgan fingerprint density at radius 2 is 1.80 bits per heavy atom.